The molecule has 4 nitrogen and oxygen atoms in total. The first-order chi connectivity index (χ1) is 9.19. The van der Waals surface area contributed by atoms with E-state index >= 15 is 0 Å². The number of aryl methyl sites for hydroxylation is 2. The van der Waals surface area contributed by atoms with Crippen LogP contribution in [0.4, 0.5) is 17.5 Å². The third-order valence-corrected chi connectivity index (χ3v) is 2.67. The average Bonchev–Trinajstić information content (AvgIpc) is 2.38. The molecule has 0 unspecified atom stereocenters. The lowest BCUT2D eigenvalue weighted by Gasteiger charge is -2.10. The Balaban J connectivity index is 2.22. The summed E-state index contributed by atoms with van der Waals surface area (Å²) in [7, 11) is 0. The Morgan fingerprint density at radius 1 is 1.21 bits per heavy atom. The molecule has 0 spiro atoms. The molecule has 0 atom stereocenters. The summed E-state index contributed by atoms with van der Waals surface area (Å²) in [5.41, 5.74) is 3.09. The predicted molar refractivity (Wildman–Crippen MR) is 79.9 cm³/mol. The summed E-state index contributed by atoms with van der Waals surface area (Å²) in [6.07, 6.45) is 1.80. The number of rotatable bonds is 5. The van der Waals surface area contributed by atoms with E-state index in [-0.39, 0.29) is 0 Å². The number of nitrogens with zero attached hydrogens (tertiary/aromatic N) is 2. The lowest BCUT2D eigenvalue weighted by atomic mass is 10.2. The number of anilines is 3. The highest BCUT2D eigenvalue weighted by molar-refractivity contribution is 5.59. The molecule has 2 aromatic rings. The molecule has 19 heavy (non-hydrogen) atoms. The Hall–Kier alpha value is -2.36. The van der Waals surface area contributed by atoms with Gasteiger partial charge in [0.15, 0.2) is 0 Å². The fourth-order valence-corrected chi connectivity index (χ4v) is 1.73. The van der Waals surface area contributed by atoms with E-state index in [1.54, 1.807) is 6.08 Å². The Kier molecular flexibility index (Phi) is 4.13. The summed E-state index contributed by atoms with van der Waals surface area (Å²) >= 11 is 0. The van der Waals surface area contributed by atoms with Gasteiger partial charge in [-0.05, 0) is 25.5 Å². The molecule has 0 aliphatic rings. The molecule has 0 aliphatic heterocycles. The molecule has 0 aliphatic carbocycles. The van der Waals surface area contributed by atoms with Crippen LogP contribution in [0.5, 0.6) is 0 Å². The van der Waals surface area contributed by atoms with Gasteiger partial charge in [0.05, 0.1) is 0 Å². The van der Waals surface area contributed by atoms with E-state index in [1.165, 1.54) is 0 Å². The van der Waals surface area contributed by atoms with Gasteiger partial charge in [-0.2, -0.15) is 4.98 Å². The normalized spacial score (nSPS) is 10.0. The molecule has 0 amide bonds. The highest BCUT2D eigenvalue weighted by atomic mass is 15.1. The fourth-order valence-electron chi connectivity index (χ4n) is 1.73. The Labute approximate surface area is 113 Å². The summed E-state index contributed by atoms with van der Waals surface area (Å²) < 4.78 is 0. The summed E-state index contributed by atoms with van der Waals surface area (Å²) in [6.45, 7) is 8.36. The zero-order valence-electron chi connectivity index (χ0n) is 11.3. The third kappa shape index (κ3) is 3.55. The van der Waals surface area contributed by atoms with E-state index in [0.717, 1.165) is 22.8 Å². The first-order valence-electron chi connectivity index (χ1n) is 6.22. The van der Waals surface area contributed by atoms with Gasteiger partial charge in [0.25, 0.3) is 0 Å². The van der Waals surface area contributed by atoms with Crippen molar-refractivity contribution in [3.05, 3.63) is 54.2 Å². The Morgan fingerprint density at radius 3 is 2.74 bits per heavy atom. The molecule has 0 fully saturated rings. The van der Waals surface area contributed by atoms with Crippen molar-refractivity contribution in [1.29, 1.82) is 0 Å². The van der Waals surface area contributed by atoms with Crippen LogP contribution in [0.15, 0.2) is 43.0 Å². The van der Waals surface area contributed by atoms with Gasteiger partial charge >= 0.3 is 0 Å². The molecular weight excluding hydrogens is 236 g/mol. The number of hydrogen-bond donors (Lipinski definition) is 2. The van der Waals surface area contributed by atoms with Crippen molar-refractivity contribution >= 4 is 17.5 Å². The van der Waals surface area contributed by atoms with Crippen molar-refractivity contribution in [3.8, 4) is 0 Å². The minimum Gasteiger partial charge on any atom is -0.366 e. The number of nitrogens with one attached hydrogen (secondary N) is 2. The first kappa shape index (κ1) is 13.1. The maximum Gasteiger partial charge on any atom is 0.229 e. The lowest BCUT2D eigenvalue weighted by molar-refractivity contribution is 1.09. The molecule has 0 saturated heterocycles. The van der Waals surface area contributed by atoms with Crippen molar-refractivity contribution < 1.29 is 0 Å². The molecular formula is C15H18N4. The van der Waals surface area contributed by atoms with E-state index in [4.69, 9.17) is 0 Å². The van der Waals surface area contributed by atoms with Crippen LogP contribution in [0.25, 0.3) is 0 Å². The molecule has 2 rings (SSSR count). The topological polar surface area (TPSA) is 49.8 Å². The van der Waals surface area contributed by atoms with Gasteiger partial charge < -0.3 is 10.6 Å². The van der Waals surface area contributed by atoms with Crippen LogP contribution in [0.1, 0.15) is 11.3 Å². The first-order valence-corrected chi connectivity index (χ1v) is 6.22. The molecule has 0 saturated carbocycles. The molecule has 0 bridgehead atoms. The fraction of sp³-hybridized carbons (Fsp3) is 0.200. The predicted octanol–water partition coefficient (Wildman–Crippen LogP) is 3.43. The van der Waals surface area contributed by atoms with Crippen LogP contribution < -0.4 is 10.6 Å². The van der Waals surface area contributed by atoms with Crippen LogP contribution in [-0.4, -0.2) is 16.5 Å². The Bertz CT molecular complexity index is 578. The molecule has 0 radical (unpaired) electrons. The minimum atomic E-state index is 0.598. The molecule has 1 aromatic heterocycles. The van der Waals surface area contributed by atoms with Gasteiger partial charge in [-0.25, -0.2) is 4.98 Å². The maximum atomic E-state index is 4.43. The van der Waals surface area contributed by atoms with Crippen LogP contribution in [-0.2, 0) is 0 Å². The standard InChI is InChI=1S/C15H18N4/c1-4-9-16-14-10-12(3)17-15(19-14)18-13-8-6-5-7-11(13)2/h4-8,10H,1,9H2,2-3H3,(H2,16,17,18,19). The van der Waals surface area contributed by atoms with Crippen LogP contribution in [0.3, 0.4) is 0 Å². The van der Waals surface area contributed by atoms with Gasteiger partial charge in [-0.1, -0.05) is 24.3 Å². The van der Waals surface area contributed by atoms with Crippen LogP contribution in [0, 0.1) is 13.8 Å². The second-order valence-electron chi connectivity index (χ2n) is 4.33. The van der Waals surface area contributed by atoms with Crippen molar-refractivity contribution in [3.63, 3.8) is 0 Å². The lowest BCUT2D eigenvalue weighted by Crippen LogP contribution is -2.05. The second kappa shape index (κ2) is 6.00. The monoisotopic (exact) mass is 254 g/mol. The largest absolute Gasteiger partial charge is 0.366 e. The van der Waals surface area contributed by atoms with Crippen molar-refractivity contribution in [1.82, 2.24) is 9.97 Å². The third-order valence-electron chi connectivity index (χ3n) is 2.67. The molecule has 98 valence electrons. The van der Waals surface area contributed by atoms with Gasteiger partial charge in [0, 0.05) is 24.0 Å². The molecule has 4 heteroatoms. The van der Waals surface area contributed by atoms with Gasteiger partial charge in [0.2, 0.25) is 5.95 Å². The summed E-state index contributed by atoms with van der Waals surface area (Å²) in [6, 6.07) is 9.97. The van der Waals surface area contributed by atoms with Crippen LogP contribution >= 0.6 is 0 Å². The summed E-state index contributed by atoms with van der Waals surface area (Å²) in [5.74, 6) is 1.39. The summed E-state index contributed by atoms with van der Waals surface area (Å²) in [4.78, 5) is 8.82. The number of para-hydroxylation sites is 1. The van der Waals surface area contributed by atoms with Gasteiger partial charge in [-0.3, -0.25) is 0 Å². The number of hydrogen-bond acceptors (Lipinski definition) is 4. The smallest absolute Gasteiger partial charge is 0.229 e. The van der Waals surface area contributed by atoms with E-state index in [1.807, 2.05) is 31.2 Å². The van der Waals surface area contributed by atoms with E-state index < -0.39 is 0 Å². The quantitative estimate of drug-likeness (QED) is 0.802. The van der Waals surface area contributed by atoms with Crippen molar-refractivity contribution in [2.24, 2.45) is 0 Å². The highest BCUT2D eigenvalue weighted by Gasteiger charge is 2.03. The van der Waals surface area contributed by atoms with Gasteiger partial charge in [-0.15, -0.1) is 6.58 Å². The highest BCUT2D eigenvalue weighted by Crippen LogP contribution is 2.18. The zero-order chi connectivity index (χ0) is 13.7. The van der Waals surface area contributed by atoms with E-state index in [9.17, 15) is 0 Å². The average molecular weight is 254 g/mol. The second-order valence-corrected chi connectivity index (χ2v) is 4.33. The molecule has 2 N–H and O–H groups in total. The van der Waals surface area contributed by atoms with Crippen LogP contribution in [0.2, 0.25) is 0 Å². The number of aromatic nitrogens is 2. The zero-order valence-corrected chi connectivity index (χ0v) is 11.3. The summed E-state index contributed by atoms with van der Waals surface area (Å²) in [5, 5.41) is 6.41. The number of benzene rings is 1. The minimum absolute atomic E-state index is 0.598. The van der Waals surface area contributed by atoms with Gasteiger partial charge in [0.1, 0.15) is 5.82 Å². The SMILES string of the molecule is C=CCNc1cc(C)nc(Nc2ccccc2C)n1. The molecule has 1 aromatic carbocycles. The van der Waals surface area contributed by atoms with E-state index in [2.05, 4.69) is 40.2 Å². The van der Waals surface area contributed by atoms with Crippen molar-refractivity contribution in [2.75, 3.05) is 17.2 Å². The van der Waals surface area contributed by atoms with Crippen molar-refractivity contribution in [2.45, 2.75) is 13.8 Å². The maximum absolute atomic E-state index is 4.43. The molecule has 1 heterocycles. The van der Waals surface area contributed by atoms with E-state index in [0.29, 0.717) is 12.5 Å². The Morgan fingerprint density at radius 2 is 2.00 bits per heavy atom.